The van der Waals surface area contributed by atoms with Gasteiger partial charge >= 0.3 is 0 Å². The molecule has 140 valence electrons. The summed E-state index contributed by atoms with van der Waals surface area (Å²) >= 11 is 0. The Kier molecular flexibility index (Phi) is 5.12. The zero-order valence-corrected chi connectivity index (χ0v) is 15.3. The van der Waals surface area contributed by atoms with Crippen LogP contribution in [-0.2, 0) is 4.74 Å². The summed E-state index contributed by atoms with van der Waals surface area (Å²) in [6.45, 7) is 3.15. The number of rotatable bonds is 6. The number of fused-ring (bicyclic) bond motifs is 1. The summed E-state index contributed by atoms with van der Waals surface area (Å²) in [4.78, 5) is 12.8. The van der Waals surface area contributed by atoms with E-state index in [4.69, 9.17) is 13.9 Å². The third kappa shape index (κ3) is 3.98. The second-order valence-electron chi connectivity index (χ2n) is 6.82. The third-order valence-corrected chi connectivity index (χ3v) is 4.80. The van der Waals surface area contributed by atoms with Crippen LogP contribution in [-0.4, -0.2) is 25.2 Å². The molecule has 1 aliphatic heterocycles. The summed E-state index contributed by atoms with van der Waals surface area (Å²) in [6.07, 6.45) is 2.17. The van der Waals surface area contributed by atoms with Gasteiger partial charge in [-0.05, 0) is 44.0 Å². The number of carbonyl (C=O) groups is 1. The van der Waals surface area contributed by atoms with E-state index >= 15 is 0 Å². The van der Waals surface area contributed by atoms with Gasteiger partial charge in [0.15, 0.2) is 0 Å². The van der Waals surface area contributed by atoms with Crippen molar-refractivity contribution in [2.24, 2.45) is 0 Å². The Labute approximate surface area is 158 Å². The molecule has 1 saturated heterocycles. The Morgan fingerprint density at radius 1 is 1.22 bits per heavy atom. The van der Waals surface area contributed by atoms with E-state index in [0.29, 0.717) is 17.9 Å². The van der Waals surface area contributed by atoms with Gasteiger partial charge in [-0.2, -0.15) is 0 Å². The van der Waals surface area contributed by atoms with Crippen molar-refractivity contribution >= 4 is 16.9 Å². The van der Waals surface area contributed by atoms with E-state index in [2.05, 4.69) is 5.32 Å². The van der Waals surface area contributed by atoms with Crippen molar-refractivity contribution in [3.63, 3.8) is 0 Å². The molecule has 1 aliphatic rings. The summed E-state index contributed by atoms with van der Waals surface area (Å²) in [5.41, 5.74) is 1.33. The molecule has 5 heteroatoms. The molecule has 5 nitrogen and oxygen atoms in total. The van der Waals surface area contributed by atoms with Crippen LogP contribution in [0.2, 0.25) is 0 Å². The highest BCUT2D eigenvalue weighted by Crippen LogP contribution is 2.25. The van der Waals surface area contributed by atoms with Crippen LogP contribution in [0.15, 0.2) is 59.0 Å². The number of benzene rings is 2. The fourth-order valence-corrected chi connectivity index (χ4v) is 3.30. The van der Waals surface area contributed by atoms with Crippen LogP contribution in [0.3, 0.4) is 0 Å². The lowest BCUT2D eigenvalue weighted by molar-refractivity contribution is 0.0670. The molecule has 0 aliphatic carbocycles. The van der Waals surface area contributed by atoms with Crippen LogP contribution in [0.4, 0.5) is 0 Å². The standard InChI is InChI=1S/C22H23NO4/c1-15(21-13-16-7-2-4-10-19(16)27-21)23-22(24)18-9-3-5-11-20(18)26-14-17-8-6-12-25-17/h2-5,7,9-11,13,15,17H,6,8,12,14H2,1H3,(H,23,24). The molecule has 2 atom stereocenters. The monoisotopic (exact) mass is 365 g/mol. The number of nitrogens with one attached hydrogen (secondary N) is 1. The summed E-state index contributed by atoms with van der Waals surface area (Å²) in [6, 6.07) is 16.8. The van der Waals surface area contributed by atoms with E-state index in [1.165, 1.54) is 0 Å². The molecular formula is C22H23NO4. The number of furan rings is 1. The highest BCUT2D eigenvalue weighted by molar-refractivity contribution is 5.97. The van der Waals surface area contributed by atoms with Gasteiger partial charge in [0, 0.05) is 12.0 Å². The van der Waals surface area contributed by atoms with Gasteiger partial charge in [0.1, 0.15) is 23.7 Å². The number of hydrogen-bond acceptors (Lipinski definition) is 4. The number of para-hydroxylation sites is 2. The highest BCUT2D eigenvalue weighted by Gasteiger charge is 2.20. The zero-order chi connectivity index (χ0) is 18.6. The number of ether oxygens (including phenoxy) is 2. The van der Waals surface area contributed by atoms with Crippen LogP contribution < -0.4 is 10.1 Å². The van der Waals surface area contributed by atoms with Gasteiger partial charge in [-0.1, -0.05) is 30.3 Å². The van der Waals surface area contributed by atoms with E-state index in [0.717, 1.165) is 36.2 Å². The van der Waals surface area contributed by atoms with E-state index in [9.17, 15) is 4.79 Å². The minimum absolute atomic E-state index is 0.107. The summed E-state index contributed by atoms with van der Waals surface area (Å²) in [5.74, 6) is 1.11. The van der Waals surface area contributed by atoms with Crippen LogP contribution >= 0.6 is 0 Å². The van der Waals surface area contributed by atoms with Gasteiger partial charge in [0.2, 0.25) is 0 Å². The fraction of sp³-hybridized carbons (Fsp3) is 0.318. The lowest BCUT2D eigenvalue weighted by atomic mass is 10.1. The van der Waals surface area contributed by atoms with Crippen molar-refractivity contribution in [2.45, 2.75) is 31.9 Å². The number of amides is 1. The third-order valence-electron chi connectivity index (χ3n) is 4.80. The lowest BCUT2D eigenvalue weighted by Gasteiger charge is -2.16. The maximum atomic E-state index is 12.8. The Morgan fingerprint density at radius 2 is 2.04 bits per heavy atom. The number of hydrogen-bond donors (Lipinski definition) is 1. The SMILES string of the molecule is CC(NC(=O)c1ccccc1OCC1CCCO1)c1cc2ccccc2o1. The van der Waals surface area contributed by atoms with Gasteiger partial charge < -0.3 is 19.2 Å². The normalized spacial score (nSPS) is 17.7. The van der Waals surface area contributed by atoms with Gasteiger partial charge in [-0.15, -0.1) is 0 Å². The first-order valence-electron chi connectivity index (χ1n) is 9.33. The molecule has 2 aromatic carbocycles. The fourth-order valence-electron chi connectivity index (χ4n) is 3.30. The summed E-state index contributed by atoms with van der Waals surface area (Å²) < 4.78 is 17.3. The van der Waals surface area contributed by atoms with Crippen molar-refractivity contribution < 1.29 is 18.7 Å². The molecule has 1 N–H and O–H groups in total. The predicted molar refractivity (Wildman–Crippen MR) is 103 cm³/mol. The lowest BCUT2D eigenvalue weighted by Crippen LogP contribution is -2.27. The molecule has 3 aromatic rings. The average Bonchev–Trinajstić information content (AvgIpc) is 3.36. The van der Waals surface area contributed by atoms with Crippen LogP contribution in [0.1, 0.15) is 41.9 Å². The van der Waals surface area contributed by atoms with Crippen molar-refractivity contribution in [1.29, 1.82) is 0 Å². The van der Waals surface area contributed by atoms with E-state index in [1.807, 2.05) is 55.5 Å². The Morgan fingerprint density at radius 3 is 2.85 bits per heavy atom. The summed E-state index contributed by atoms with van der Waals surface area (Å²) in [7, 11) is 0. The Balaban J connectivity index is 1.45. The smallest absolute Gasteiger partial charge is 0.255 e. The zero-order valence-electron chi connectivity index (χ0n) is 15.3. The highest BCUT2D eigenvalue weighted by atomic mass is 16.5. The molecule has 0 spiro atoms. The van der Waals surface area contributed by atoms with Crippen molar-refractivity contribution in [3.05, 3.63) is 65.9 Å². The van der Waals surface area contributed by atoms with E-state index in [1.54, 1.807) is 6.07 Å². The molecule has 1 aromatic heterocycles. The molecule has 0 radical (unpaired) electrons. The molecule has 2 unspecified atom stereocenters. The quantitative estimate of drug-likeness (QED) is 0.700. The first kappa shape index (κ1) is 17.6. The van der Waals surface area contributed by atoms with Crippen LogP contribution in [0, 0.1) is 0 Å². The Bertz CT molecular complexity index is 894. The van der Waals surface area contributed by atoms with Crippen molar-refractivity contribution in [1.82, 2.24) is 5.32 Å². The molecule has 27 heavy (non-hydrogen) atoms. The molecule has 0 bridgehead atoms. The van der Waals surface area contributed by atoms with Gasteiger partial charge in [0.25, 0.3) is 5.91 Å². The van der Waals surface area contributed by atoms with Gasteiger partial charge in [-0.25, -0.2) is 0 Å². The van der Waals surface area contributed by atoms with Gasteiger partial charge in [0.05, 0.1) is 17.7 Å². The minimum atomic E-state index is -0.254. The molecular weight excluding hydrogens is 342 g/mol. The van der Waals surface area contributed by atoms with Crippen molar-refractivity contribution in [2.75, 3.05) is 13.2 Å². The van der Waals surface area contributed by atoms with E-state index in [-0.39, 0.29) is 18.1 Å². The molecule has 0 saturated carbocycles. The maximum absolute atomic E-state index is 12.8. The molecule has 2 heterocycles. The van der Waals surface area contributed by atoms with Crippen LogP contribution in [0.25, 0.3) is 11.0 Å². The Hall–Kier alpha value is -2.79. The minimum Gasteiger partial charge on any atom is -0.490 e. The molecule has 1 fully saturated rings. The topological polar surface area (TPSA) is 60.7 Å². The van der Waals surface area contributed by atoms with Crippen molar-refractivity contribution in [3.8, 4) is 5.75 Å². The first-order chi connectivity index (χ1) is 13.2. The summed E-state index contributed by atoms with van der Waals surface area (Å²) in [5, 5.41) is 4.02. The van der Waals surface area contributed by atoms with Crippen LogP contribution in [0.5, 0.6) is 5.75 Å². The average molecular weight is 365 g/mol. The van der Waals surface area contributed by atoms with Gasteiger partial charge in [-0.3, -0.25) is 4.79 Å². The molecule has 4 rings (SSSR count). The predicted octanol–water partition coefficient (Wildman–Crippen LogP) is 4.48. The first-order valence-corrected chi connectivity index (χ1v) is 9.33. The largest absolute Gasteiger partial charge is 0.490 e. The number of carbonyl (C=O) groups excluding carboxylic acids is 1. The van der Waals surface area contributed by atoms with E-state index < -0.39 is 0 Å². The maximum Gasteiger partial charge on any atom is 0.255 e. The molecule has 1 amide bonds. The second kappa shape index (κ2) is 7.84. The second-order valence-corrected chi connectivity index (χ2v) is 6.82.